The van der Waals surface area contributed by atoms with E-state index in [-0.39, 0.29) is 0 Å². The molecule has 0 aromatic carbocycles. The number of tetrazole rings is 1. The number of hydrogen-bond acceptors (Lipinski definition) is 6. The van der Waals surface area contributed by atoms with Crippen LogP contribution in [0.2, 0.25) is 0 Å². The Bertz CT molecular complexity index is 756. The summed E-state index contributed by atoms with van der Waals surface area (Å²) in [6.45, 7) is 3.69. The summed E-state index contributed by atoms with van der Waals surface area (Å²) in [5, 5.41) is 23.4. The van der Waals surface area contributed by atoms with Crippen molar-refractivity contribution in [2.24, 2.45) is 0 Å². The van der Waals surface area contributed by atoms with Crippen molar-refractivity contribution in [1.82, 2.24) is 20.2 Å². The van der Waals surface area contributed by atoms with E-state index in [1.54, 1.807) is 22.7 Å². The highest BCUT2D eigenvalue weighted by Crippen LogP contribution is 2.37. The second-order valence-electron chi connectivity index (χ2n) is 4.72. The first-order chi connectivity index (χ1) is 10.1. The van der Waals surface area contributed by atoms with Gasteiger partial charge in [0.15, 0.2) is 11.4 Å². The Kier molecular flexibility index (Phi) is 3.50. The maximum Gasteiger partial charge on any atom is 0.331 e. The molecule has 0 radical (unpaired) electrons. The van der Waals surface area contributed by atoms with E-state index in [1.807, 2.05) is 31.4 Å². The minimum absolute atomic E-state index is 0.427. The molecule has 0 fully saturated rings. The Balaban J connectivity index is 2.16. The average Bonchev–Trinajstić information content (AvgIpc) is 3.14. The number of aliphatic carboxylic acids is 1. The van der Waals surface area contributed by atoms with E-state index in [9.17, 15) is 9.90 Å². The van der Waals surface area contributed by atoms with Crippen LogP contribution in [0.5, 0.6) is 0 Å². The van der Waals surface area contributed by atoms with E-state index in [2.05, 4.69) is 15.5 Å². The molecular formula is C13H14N4O2S2. The number of fused-ring (bicyclic) bond motifs is 1. The quantitative estimate of drug-likeness (QED) is 0.780. The van der Waals surface area contributed by atoms with Crippen LogP contribution in [0.4, 0.5) is 0 Å². The lowest BCUT2D eigenvalue weighted by molar-refractivity contribution is -0.148. The number of carboxylic acid groups (broad SMARTS) is 1. The number of carboxylic acids is 1. The van der Waals surface area contributed by atoms with Gasteiger partial charge in [-0.05, 0) is 40.8 Å². The summed E-state index contributed by atoms with van der Waals surface area (Å²) >= 11 is 3.23. The molecule has 3 heterocycles. The molecule has 0 aliphatic carbocycles. The summed E-state index contributed by atoms with van der Waals surface area (Å²) in [6, 6.07) is 4.07. The van der Waals surface area contributed by atoms with Gasteiger partial charge in [0, 0.05) is 9.40 Å². The van der Waals surface area contributed by atoms with Crippen molar-refractivity contribution in [3.05, 3.63) is 17.5 Å². The summed E-state index contributed by atoms with van der Waals surface area (Å²) in [5.74, 6) is -0.381. The van der Waals surface area contributed by atoms with Crippen LogP contribution in [0.25, 0.3) is 20.1 Å². The molecule has 3 rings (SSSR count). The van der Waals surface area contributed by atoms with Crippen molar-refractivity contribution in [1.29, 1.82) is 0 Å². The van der Waals surface area contributed by atoms with Crippen LogP contribution < -0.4 is 0 Å². The SMILES string of the molecule is CCC(CC)(C(=O)O)n1nnnc1-c1cc2sccc2s1. The first kappa shape index (κ1) is 14.2. The van der Waals surface area contributed by atoms with Crippen molar-refractivity contribution in [3.8, 4) is 10.7 Å². The minimum Gasteiger partial charge on any atom is -0.479 e. The van der Waals surface area contributed by atoms with Crippen LogP contribution in [0, 0.1) is 0 Å². The van der Waals surface area contributed by atoms with Gasteiger partial charge in [0.25, 0.3) is 0 Å². The number of nitrogens with zero attached hydrogens (tertiary/aromatic N) is 4. The molecule has 0 unspecified atom stereocenters. The lowest BCUT2D eigenvalue weighted by Crippen LogP contribution is -2.42. The van der Waals surface area contributed by atoms with Crippen molar-refractivity contribution in [2.45, 2.75) is 32.2 Å². The van der Waals surface area contributed by atoms with Crippen molar-refractivity contribution in [3.63, 3.8) is 0 Å². The van der Waals surface area contributed by atoms with E-state index in [0.29, 0.717) is 18.7 Å². The van der Waals surface area contributed by atoms with Gasteiger partial charge in [-0.1, -0.05) is 13.8 Å². The smallest absolute Gasteiger partial charge is 0.331 e. The molecule has 110 valence electrons. The molecule has 6 nitrogen and oxygen atoms in total. The zero-order chi connectivity index (χ0) is 15.0. The lowest BCUT2D eigenvalue weighted by atomic mass is 9.93. The van der Waals surface area contributed by atoms with Gasteiger partial charge in [-0.2, -0.15) is 0 Å². The van der Waals surface area contributed by atoms with Gasteiger partial charge in [-0.3, -0.25) is 0 Å². The summed E-state index contributed by atoms with van der Waals surface area (Å²) in [7, 11) is 0. The summed E-state index contributed by atoms with van der Waals surface area (Å²) < 4.78 is 3.79. The maximum atomic E-state index is 11.8. The van der Waals surface area contributed by atoms with Crippen molar-refractivity contribution >= 4 is 38.0 Å². The number of rotatable bonds is 5. The van der Waals surface area contributed by atoms with Crippen LogP contribution in [0.1, 0.15) is 26.7 Å². The van der Waals surface area contributed by atoms with Crippen LogP contribution in [-0.2, 0) is 10.3 Å². The summed E-state index contributed by atoms with van der Waals surface area (Å²) in [4.78, 5) is 12.7. The number of thiophene rings is 2. The maximum absolute atomic E-state index is 11.8. The van der Waals surface area contributed by atoms with Gasteiger partial charge in [-0.25, -0.2) is 9.48 Å². The fourth-order valence-electron chi connectivity index (χ4n) is 2.45. The van der Waals surface area contributed by atoms with Gasteiger partial charge in [0.1, 0.15) is 0 Å². The van der Waals surface area contributed by atoms with E-state index >= 15 is 0 Å². The Hall–Kier alpha value is -1.80. The second kappa shape index (κ2) is 5.19. The predicted molar refractivity (Wildman–Crippen MR) is 82.7 cm³/mol. The van der Waals surface area contributed by atoms with E-state index in [4.69, 9.17) is 0 Å². The molecule has 3 aromatic heterocycles. The molecule has 0 amide bonds. The highest BCUT2D eigenvalue weighted by Gasteiger charge is 2.40. The zero-order valence-electron chi connectivity index (χ0n) is 11.6. The van der Waals surface area contributed by atoms with Crippen molar-refractivity contribution in [2.75, 3.05) is 0 Å². The van der Waals surface area contributed by atoms with E-state index < -0.39 is 11.5 Å². The third kappa shape index (κ3) is 2.06. The molecule has 21 heavy (non-hydrogen) atoms. The second-order valence-corrected chi connectivity index (χ2v) is 6.75. The fraction of sp³-hybridized carbons (Fsp3) is 0.385. The van der Waals surface area contributed by atoms with Gasteiger partial charge in [0.2, 0.25) is 0 Å². The highest BCUT2D eigenvalue weighted by atomic mass is 32.1. The van der Waals surface area contributed by atoms with Crippen LogP contribution in [0.3, 0.4) is 0 Å². The molecule has 0 bridgehead atoms. The number of aromatic nitrogens is 4. The molecule has 8 heteroatoms. The molecule has 3 aromatic rings. The lowest BCUT2D eigenvalue weighted by Gasteiger charge is -2.27. The fourth-order valence-corrected chi connectivity index (χ4v) is 4.53. The van der Waals surface area contributed by atoms with Crippen molar-refractivity contribution < 1.29 is 9.90 Å². The largest absolute Gasteiger partial charge is 0.479 e. The molecule has 0 aliphatic heterocycles. The van der Waals surface area contributed by atoms with Crippen LogP contribution in [-0.4, -0.2) is 31.3 Å². The Labute approximate surface area is 129 Å². The molecule has 0 atom stereocenters. The molecule has 0 spiro atoms. The topological polar surface area (TPSA) is 80.9 Å². The van der Waals surface area contributed by atoms with Gasteiger partial charge in [-0.15, -0.1) is 27.8 Å². The number of carbonyl (C=O) groups is 1. The first-order valence-corrected chi connectivity index (χ1v) is 8.31. The third-order valence-electron chi connectivity index (χ3n) is 3.80. The predicted octanol–water partition coefficient (Wildman–Crippen LogP) is 3.22. The minimum atomic E-state index is -1.10. The average molecular weight is 322 g/mol. The third-order valence-corrected chi connectivity index (χ3v) is 5.89. The standard InChI is InChI=1S/C13H14N4O2S2/c1-3-13(4-2,12(18)19)17-11(14-15-16-17)10-7-9-8(21-10)5-6-20-9/h5-7H,3-4H2,1-2H3,(H,18,19). The normalized spacial score (nSPS) is 12.1. The monoisotopic (exact) mass is 322 g/mol. The highest BCUT2D eigenvalue weighted by molar-refractivity contribution is 7.28. The summed E-state index contributed by atoms with van der Waals surface area (Å²) in [6.07, 6.45) is 0.854. The molecule has 1 N–H and O–H groups in total. The van der Waals surface area contributed by atoms with E-state index in [1.165, 1.54) is 14.1 Å². The van der Waals surface area contributed by atoms with Gasteiger partial charge in [0.05, 0.1) is 4.88 Å². The van der Waals surface area contributed by atoms with Crippen LogP contribution in [0.15, 0.2) is 17.5 Å². The van der Waals surface area contributed by atoms with Crippen LogP contribution >= 0.6 is 22.7 Å². The van der Waals surface area contributed by atoms with Gasteiger partial charge >= 0.3 is 5.97 Å². The molecule has 0 saturated carbocycles. The Morgan fingerprint density at radius 3 is 2.76 bits per heavy atom. The Morgan fingerprint density at radius 1 is 1.38 bits per heavy atom. The Morgan fingerprint density at radius 2 is 2.14 bits per heavy atom. The summed E-state index contributed by atoms with van der Waals surface area (Å²) in [5.41, 5.74) is -1.10. The first-order valence-electron chi connectivity index (χ1n) is 6.62. The number of hydrogen-bond donors (Lipinski definition) is 1. The van der Waals surface area contributed by atoms with Gasteiger partial charge < -0.3 is 5.11 Å². The zero-order valence-corrected chi connectivity index (χ0v) is 13.2. The molecular weight excluding hydrogens is 308 g/mol. The van der Waals surface area contributed by atoms with E-state index in [0.717, 1.165) is 4.88 Å². The molecule has 0 saturated heterocycles. The molecule has 0 aliphatic rings.